The molecule has 9 heteroatoms. The minimum Gasteiger partial charge on any atom is -0.463 e. The van der Waals surface area contributed by atoms with Gasteiger partial charge in [-0.05, 0) is 49.8 Å². The van der Waals surface area contributed by atoms with E-state index in [4.69, 9.17) is 21.4 Å². The van der Waals surface area contributed by atoms with Gasteiger partial charge in [0.2, 0.25) is 0 Å². The Kier molecular flexibility index (Phi) is 7.26. The average Bonchev–Trinajstić information content (AvgIpc) is 3.54. The van der Waals surface area contributed by atoms with Gasteiger partial charge in [-0.3, -0.25) is 9.36 Å². The summed E-state index contributed by atoms with van der Waals surface area (Å²) in [5.74, 6) is -0.481. The van der Waals surface area contributed by atoms with Crippen molar-refractivity contribution in [1.82, 2.24) is 14.3 Å². The van der Waals surface area contributed by atoms with E-state index in [1.54, 1.807) is 23.1 Å². The standard InChI is InChI=1S/C32H25ClN4O3S/c1-3-40-31(39)27-20(2)34-32-37(29(27)22-10-6-4-7-11-22)30(38)26(41-32)18-23-19-36(25-12-8-5-9-13-25)35-28(23)21-14-16-24(33)17-15-21/h4-19,29H,3H2,1-2H3/b26-18+. The van der Waals surface area contributed by atoms with Crippen LogP contribution in [0, 0.1) is 0 Å². The zero-order valence-electron chi connectivity index (χ0n) is 22.3. The first kappa shape index (κ1) is 26.7. The highest BCUT2D eigenvalue weighted by Gasteiger charge is 2.33. The fraction of sp³-hybridized carbons (Fsp3) is 0.125. The highest BCUT2D eigenvalue weighted by molar-refractivity contribution is 7.07. The Labute approximate surface area is 245 Å². The molecule has 0 saturated carbocycles. The van der Waals surface area contributed by atoms with Crippen molar-refractivity contribution in [3.8, 4) is 16.9 Å². The highest BCUT2D eigenvalue weighted by Crippen LogP contribution is 2.31. The van der Waals surface area contributed by atoms with Gasteiger partial charge in [0.1, 0.15) is 5.69 Å². The number of hydrogen-bond acceptors (Lipinski definition) is 6. The van der Waals surface area contributed by atoms with Gasteiger partial charge in [0.05, 0.1) is 34.1 Å². The summed E-state index contributed by atoms with van der Waals surface area (Å²) in [6.45, 7) is 3.76. The number of nitrogens with zero attached hydrogens (tertiary/aromatic N) is 4. The Morgan fingerprint density at radius 1 is 1.02 bits per heavy atom. The number of esters is 1. The van der Waals surface area contributed by atoms with Crippen LogP contribution in [-0.2, 0) is 9.53 Å². The maximum absolute atomic E-state index is 14.1. The lowest BCUT2D eigenvalue weighted by atomic mass is 9.96. The fourth-order valence-electron chi connectivity index (χ4n) is 4.92. The van der Waals surface area contributed by atoms with Crippen LogP contribution in [0.2, 0.25) is 5.02 Å². The van der Waals surface area contributed by atoms with Crippen LogP contribution in [0.1, 0.15) is 31.0 Å². The molecule has 0 amide bonds. The van der Waals surface area contributed by atoms with Gasteiger partial charge in [-0.1, -0.05) is 83.6 Å². The number of benzene rings is 3. The molecule has 0 saturated heterocycles. The molecule has 0 radical (unpaired) electrons. The van der Waals surface area contributed by atoms with Crippen LogP contribution in [-0.4, -0.2) is 26.9 Å². The van der Waals surface area contributed by atoms with Gasteiger partial charge in [0, 0.05) is 22.3 Å². The summed E-state index contributed by atoms with van der Waals surface area (Å²) in [6.07, 6.45) is 3.74. The maximum Gasteiger partial charge on any atom is 0.338 e. The van der Waals surface area contributed by atoms with E-state index in [-0.39, 0.29) is 12.2 Å². The number of carbonyl (C=O) groups is 1. The summed E-state index contributed by atoms with van der Waals surface area (Å²) >= 11 is 7.44. The van der Waals surface area contributed by atoms with E-state index in [1.165, 1.54) is 11.3 Å². The zero-order valence-corrected chi connectivity index (χ0v) is 23.9. The Balaban J connectivity index is 1.56. The predicted octanol–water partition coefficient (Wildman–Crippen LogP) is 5.30. The number of hydrogen-bond donors (Lipinski definition) is 0. The third-order valence-electron chi connectivity index (χ3n) is 6.80. The summed E-state index contributed by atoms with van der Waals surface area (Å²) in [6, 6.07) is 26.1. The minimum absolute atomic E-state index is 0.223. The number of halogens is 1. The summed E-state index contributed by atoms with van der Waals surface area (Å²) < 4.78 is 9.25. The lowest BCUT2D eigenvalue weighted by molar-refractivity contribution is -0.139. The highest BCUT2D eigenvalue weighted by atomic mass is 35.5. The second kappa shape index (κ2) is 11.2. The number of ether oxygens (including phenoxy) is 1. The summed E-state index contributed by atoms with van der Waals surface area (Å²) in [4.78, 5) is 32.4. The first-order chi connectivity index (χ1) is 19.9. The van der Waals surface area contributed by atoms with Crippen LogP contribution in [0.25, 0.3) is 23.0 Å². The second-order valence-corrected chi connectivity index (χ2v) is 10.9. The lowest BCUT2D eigenvalue weighted by Crippen LogP contribution is -2.39. The molecule has 1 aliphatic heterocycles. The smallest absolute Gasteiger partial charge is 0.338 e. The van der Waals surface area contributed by atoms with E-state index in [2.05, 4.69) is 4.99 Å². The Bertz CT molecular complexity index is 1960. The molecule has 3 aromatic carbocycles. The third-order valence-corrected chi connectivity index (χ3v) is 8.03. The molecular formula is C32H25ClN4O3S. The van der Waals surface area contributed by atoms with Crippen LogP contribution in [0.3, 0.4) is 0 Å². The van der Waals surface area contributed by atoms with Gasteiger partial charge < -0.3 is 4.74 Å². The van der Waals surface area contributed by atoms with E-state index in [1.807, 2.05) is 97.2 Å². The molecule has 6 rings (SSSR count). The largest absolute Gasteiger partial charge is 0.463 e. The number of thiazole rings is 1. The molecule has 0 aliphatic carbocycles. The van der Waals surface area contributed by atoms with Crippen LogP contribution < -0.4 is 14.9 Å². The van der Waals surface area contributed by atoms with Gasteiger partial charge in [-0.2, -0.15) is 5.10 Å². The number of aromatic nitrogens is 3. The predicted molar refractivity (Wildman–Crippen MR) is 161 cm³/mol. The number of fused-ring (bicyclic) bond motifs is 1. The molecule has 204 valence electrons. The van der Waals surface area contributed by atoms with E-state index in [9.17, 15) is 9.59 Å². The molecule has 2 aromatic heterocycles. The van der Waals surface area contributed by atoms with Crippen molar-refractivity contribution in [3.05, 3.63) is 138 Å². The van der Waals surface area contributed by atoms with Crippen LogP contribution in [0.15, 0.2) is 112 Å². The van der Waals surface area contributed by atoms with Crippen molar-refractivity contribution in [2.45, 2.75) is 19.9 Å². The van der Waals surface area contributed by atoms with Crippen molar-refractivity contribution < 1.29 is 9.53 Å². The summed E-state index contributed by atoms with van der Waals surface area (Å²) in [7, 11) is 0. The molecule has 1 atom stereocenters. The number of carbonyl (C=O) groups excluding carboxylic acids is 1. The normalized spacial score (nSPS) is 15.0. The van der Waals surface area contributed by atoms with E-state index in [0.29, 0.717) is 31.3 Å². The molecule has 1 unspecified atom stereocenters. The molecule has 3 heterocycles. The van der Waals surface area contributed by atoms with E-state index < -0.39 is 12.0 Å². The van der Waals surface area contributed by atoms with Gasteiger partial charge in [-0.15, -0.1) is 0 Å². The van der Waals surface area contributed by atoms with Crippen LogP contribution in [0.5, 0.6) is 0 Å². The molecule has 0 bridgehead atoms. The van der Waals surface area contributed by atoms with Crippen molar-refractivity contribution in [1.29, 1.82) is 0 Å². The van der Waals surface area contributed by atoms with E-state index >= 15 is 0 Å². The monoisotopic (exact) mass is 580 g/mol. The second-order valence-electron chi connectivity index (χ2n) is 9.43. The summed E-state index contributed by atoms with van der Waals surface area (Å²) in [5.41, 5.74) is 4.67. The average molecular weight is 581 g/mol. The number of para-hydroxylation sites is 1. The zero-order chi connectivity index (χ0) is 28.5. The Morgan fingerprint density at radius 2 is 1.71 bits per heavy atom. The van der Waals surface area contributed by atoms with Crippen LogP contribution in [0.4, 0.5) is 0 Å². The van der Waals surface area contributed by atoms with Crippen molar-refractivity contribution in [2.75, 3.05) is 6.61 Å². The number of allylic oxidation sites excluding steroid dienone is 1. The Hall–Kier alpha value is -4.53. The van der Waals surface area contributed by atoms with Crippen LogP contribution >= 0.6 is 22.9 Å². The maximum atomic E-state index is 14.1. The third kappa shape index (κ3) is 5.08. The quantitative estimate of drug-likeness (QED) is 0.255. The molecule has 0 fully saturated rings. The van der Waals surface area contributed by atoms with Gasteiger partial charge in [0.25, 0.3) is 5.56 Å². The van der Waals surface area contributed by atoms with Crippen molar-refractivity contribution >= 4 is 35.0 Å². The molecule has 5 aromatic rings. The Morgan fingerprint density at radius 3 is 2.39 bits per heavy atom. The van der Waals surface area contributed by atoms with Gasteiger partial charge >= 0.3 is 5.97 Å². The lowest BCUT2D eigenvalue weighted by Gasteiger charge is -2.24. The molecule has 1 aliphatic rings. The van der Waals surface area contributed by atoms with Crippen molar-refractivity contribution in [2.24, 2.45) is 4.99 Å². The van der Waals surface area contributed by atoms with Gasteiger partial charge in [0.15, 0.2) is 4.80 Å². The molecule has 7 nitrogen and oxygen atoms in total. The minimum atomic E-state index is -0.656. The first-order valence-corrected chi connectivity index (χ1v) is 14.3. The molecule has 0 spiro atoms. The number of rotatable bonds is 6. The SMILES string of the molecule is CCOC(=O)C1=C(C)N=c2s/c(=C/c3cn(-c4ccccc4)nc3-c3ccc(Cl)cc3)c(=O)n2C1c1ccccc1. The topological polar surface area (TPSA) is 78.5 Å². The first-order valence-electron chi connectivity index (χ1n) is 13.1. The molecule has 0 N–H and O–H groups in total. The van der Waals surface area contributed by atoms with Crippen molar-refractivity contribution in [3.63, 3.8) is 0 Å². The molecular weight excluding hydrogens is 556 g/mol. The van der Waals surface area contributed by atoms with E-state index in [0.717, 1.165) is 22.4 Å². The fourth-order valence-corrected chi connectivity index (χ4v) is 6.08. The molecule has 41 heavy (non-hydrogen) atoms. The summed E-state index contributed by atoms with van der Waals surface area (Å²) in [5, 5.41) is 5.49. The van der Waals surface area contributed by atoms with Gasteiger partial charge in [-0.25, -0.2) is 14.5 Å².